The van der Waals surface area contributed by atoms with Gasteiger partial charge in [0.15, 0.2) is 0 Å². The van der Waals surface area contributed by atoms with Crippen LogP contribution in [-0.2, 0) is 14.3 Å². The predicted octanol–water partition coefficient (Wildman–Crippen LogP) is 5.90. The van der Waals surface area contributed by atoms with Crippen molar-refractivity contribution in [3.05, 3.63) is 33.8 Å². The van der Waals surface area contributed by atoms with Crippen LogP contribution in [0.15, 0.2) is 18.2 Å². The first-order valence-electron chi connectivity index (χ1n) is 12.4. The molecule has 2 saturated heterocycles. The average Bonchev–Trinajstić information content (AvgIpc) is 3.30. The summed E-state index contributed by atoms with van der Waals surface area (Å²) in [7, 11) is 1.61. The van der Waals surface area contributed by atoms with E-state index in [0.717, 1.165) is 5.56 Å². The fourth-order valence-electron chi connectivity index (χ4n) is 5.50. The van der Waals surface area contributed by atoms with Gasteiger partial charge in [0, 0.05) is 45.2 Å². The highest BCUT2D eigenvalue weighted by molar-refractivity contribution is 6.42. The minimum absolute atomic E-state index is 0.0399. The number of nitrogens with zero attached hydrogens (tertiary/aromatic N) is 2. The van der Waals surface area contributed by atoms with Gasteiger partial charge < -0.3 is 19.3 Å². The molecule has 2 atom stereocenters. The lowest BCUT2D eigenvalue weighted by Crippen LogP contribution is -2.44. The smallest absolute Gasteiger partial charge is 0.410 e. The lowest BCUT2D eigenvalue weighted by atomic mass is 9.87. The number of hydrogen-bond acceptors (Lipinski definition) is 4. The number of amides is 2. The fourth-order valence-corrected chi connectivity index (χ4v) is 5.81. The van der Waals surface area contributed by atoms with Crippen molar-refractivity contribution < 1.29 is 32.2 Å². The topological polar surface area (TPSA) is 59.1 Å². The fraction of sp³-hybridized carbons (Fsp3) is 0.680. The third-order valence-corrected chi connectivity index (χ3v) is 8.47. The average molecular weight is 551 g/mol. The third-order valence-electron chi connectivity index (χ3n) is 7.73. The van der Waals surface area contributed by atoms with E-state index in [1.807, 2.05) is 6.07 Å². The van der Waals surface area contributed by atoms with Crippen molar-refractivity contribution in [1.82, 2.24) is 9.80 Å². The van der Waals surface area contributed by atoms with E-state index in [2.05, 4.69) is 0 Å². The monoisotopic (exact) mass is 550 g/mol. The van der Waals surface area contributed by atoms with Gasteiger partial charge in [-0.2, -0.15) is 13.2 Å². The van der Waals surface area contributed by atoms with Crippen LogP contribution in [0, 0.1) is 11.8 Å². The maximum absolute atomic E-state index is 13.3. The Bertz CT molecular complexity index is 950. The number of ether oxygens (including phenoxy) is 2. The number of carbonyl (C=O) groups excluding carboxylic acids is 2. The molecule has 3 aliphatic rings. The van der Waals surface area contributed by atoms with E-state index < -0.39 is 24.3 Å². The van der Waals surface area contributed by atoms with Crippen molar-refractivity contribution in [2.45, 2.75) is 62.8 Å². The van der Waals surface area contributed by atoms with Crippen LogP contribution in [-0.4, -0.2) is 73.5 Å². The van der Waals surface area contributed by atoms with Gasteiger partial charge in [-0.1, -0.05) is 29.3 Å². The number of alkyl halides is 3. The highest BCUT2D eigenvalue weighted by Gasteiger charge is 2.44. The molecule has 2 amide bonds. The Labute approximate surface area is 219 Å². The van der Waals surface area contributed by atoms with E-state index in [0.29, 0.717) is 49.2 Å². The molecular formula is C25H31Cl2F3N2O4. The highest BCUT2D eigenvalue weighted by Crippen LogP contribution is 2.39. The summed E-state index contributed by atoms with van der Waals surface area (Å²) in [5.41, 5.74) is 0.849. The van der Waals surface area contributed by atoms with Crippen LogP contribution in [0.4, 0.5) is 18.0 Å². The molecular weight excluding hydrogens is 520 g/mol. The van der Waals surface area contributed by atoms with Crippen LogP contribution >= 0.6 is 23.2 Å². The van der Waals surface area contributed by atoms with Gasteiger partial charge in [0.25, 0.3) is 0 Å². The number of likely N-dealkylation sites (N-methyl/N-ethyl adjacent to an activating group) is 1. The van der Waals surface area contributed by atoms with E-state index in [4.69, 9.17) is 32.7 Å². The van der Waals surface area contributed by atoms with Gasteiger partial charge in [0.05, 0.1) is 22.0 Å². The summed E-state index contributed by atoms with van der Waals surface area (Å²) in [6.45, 7) is 1.83. The van der Waals surface area contributed by atoms with Gasteiger partial charge in [-0.25, -0.2) is 4.79 Å². The second kappa shape index (κ2) is 11.4. The molecule has 11 heteroatoms. The SMILES string of the molecule is CN(C(=O)OC1CCC(C(F)(F)F)CC1)C1CN(C(=O)C2CCOCC2)CC1c1ccc(Cl)c(Cl)c1. The minimum Gasteiger partial charge on any atom is -0.446 e. The number of benzene rings is 1. The Hall–Kier alpha value is -1.71. The van der Waals surface area contributed by atoms with E-state index in [1.54, 1.807) is 24.1 Å². The number of hydrogen-bond donors (Lipinski definition) is 0. The molecule has 0 N–H and O–H groups in total. The van der Waals surface area contributed by atoms with Crippen LogP contribution in [0.25, 0.3) is 0 Å². The molecule has 0 radical (unpaired) electrons. The molecule has 1 aliphatic carbocycles. The molecule has 4 rings (SSSR count). The molecule has 0 spiro atoms. The van der Waals surface area contributed by atoms with Gasteiger partial charge in [0.1, 0.15) is 6.10 Å². The van der Waals surface area contributed by atoms with Crippen LogP contribution in [0.1, 0.15) is 50.0 Å². The normalized spacial score (nSPS) is 27.7. The molecule has 2 aliphatic heterocycles. The van der Waals surface area contributed by atoms with Crippen LogP contribution in [0.2, 0.25) is 10.0 Å². The van der Waals surface area contributed by atoms with Crippen molar-refractivity contribution in [3.63, 3.8) is 0 Å². The molecule has 3 fully saturated rings. The van der Waals surface area contributed by atoms with E-state index >= 15 is 0 Å². The zero-order valence-corrected chi connectivity index (χ0v) is 21.6. The van der Waals surface area contributed by atoms with Crippen LogP contribution in [0.5, 0.6) is 0 Å². The summed E-state index contributed by atoms with van der Waals surface area (Å²) in [5, 5.41) is 0.793. The first-order chi connectivity index (χ1) is 17.0. The Morgan fingerprint density at radius 3 is 2.31 bits per heavy atom. The summed E-state index contributed by atoms with van der Waals surface area (Å²) in [6, 6.07) is 4.90. The van der Waals surface area contributed by atoms with Gasteiger partial charge in [-0.3, -0.25) is 4.79 Å². The number of likely N-dealkylation sites (tertiary alicyclic amines) is 1. The lowest BCUT2D eigenvalue weighted by molar-refractivity contribution is -0.186. The zero-order valence-electron chi connectivity index (χ0n) is 20.1. The second-order valence-corrected chi connectivity index (χ2v) is 10.8. The third kappa shape index (κ3) is 6.22. The van der Waals surface area contributed by atoms with Gasteiger partial charge in [-0.15, -0.1) is 0 Å². The summed E-state index contributed by atoms with van der Waals surface area (Å²) in [4.78, 5) is 29.6. The molecule has 2 unspecified atom stereocenters. The number of rotatable bonds is 4. The molecule has 36 heavy (non-hydrogen) atoms. The predicted molar refractivity (Wildman–Crippen MR) is 129 cm³/mol. The van der Waals surface area contributed by atoms with Gasteiger partial charge in [-0.05, 0) is 56.2 Å². The Balaban J connectivity index is 1.46. The van der Waals surface area contributed by atoms with E-state index in [1.165, 1.54) is 4.90 Å². The van der Waals surface area contributed by atoms with Crippen molar-refractivity contribution in [1.29, 1.82) is 0 Å². The van der Waals surface area contributed by atoms with E-state index in [-0.39, 0.29) is 49.5 Å². The minimum atomic E-state index is -4.22. The summed E-state index contributed by atoms with van der Waals surface area (Å²) >= 11 is 12.4. The lowest BCUT2D eigenvalue weighted by Gasteiger charge is -2.33. The number of halogens is 5. The largest absolute Gasteiger partial charge is 0.446 e. The maximum Gasteiger partial charge on any atom is 0.410 e. The summed E-state index contributed by atoms with van der Waals surface area (Å²) < 4.78 is 50.0. The summed E-state index contributed by atoms with van der Waals surface area (Å²) in [6.07, 6.45) is -3.78. The first-order valence-corrected chi connectivity index (χ1v) is 13.1. The van der Waals surface area contributed by atoms with Gasteiger partial charge >= 0.3 is 12.3 Å². The zero-order chi connectivity index (χ0) is 26.0. The van der Waals surface area contributed by atoms with E-state index in [9.17, 15) is 22.8 Å². The maximum atomic E-state index is 13.3. The molecule has 6 nitrogen and oxygen atoms in total. The highest BCUT2D eigenvalue weighted by atomic mass is 35.5. The molecule has 1 aromatic carbocycles. The van der Waals surface area contributed by atoms with Crippen LogP contribution in [0.3, 0.4) is 0 Å². The van der Waals surface area contributed by atoms with Crippen molar-refractivity contribution in [2.75, 3.05) is 33.4 Å². The van der Waals surface area contributed by atoms with Crippen molar-refractivity contribution in [3.8, 4) is 0 Å². The number of carbonyl (C=O) groups is 2. The Kier molecular flexibility index (Phi) is 8.62. The molecule has 0 aromatic heterocycles. The first kappa shape index (κ1) is 27.3. The second-order valence-electron chi connectivity index (χ2n) is 9.99. The molecule has 2 heterocycles. The molecule has 0 bridgehead atoms. The standard InChI is InChI=1S/C25H31Cl2F3N2O4/c1-31(24(34)36-18-5-3-17(4-6-18)25(28,29)30)22-14-32(23(33)15-8-10-35-11-9-15)13-19(22)16-2-7-20(26)21(27)12-16/h2,7,12,15,17-19,22H,3-6,8-11,13-14H2,1H3. The van der Waals surface area contributed by atoms with Crippen molar-refractivity contribution in [2.24, 2.45) is 11.8 Å². The quantitative estimate of drug-likeness (QED) is 0.468. The molecule has 1 saturated carbocycles. The van der Waals surface area contributed by atoms with Crippen molar-refractivity contribution >= 4 is 35.2 Å². The molecule has 1 aromatic rings. The van der Waals surface area contributed by atoms with Gasteiger partial charge in [0.2, 0.25) is 5.91 Å². The summed E-state index contributed by atoms with van der Waals surface area (Å²) in [5.74, 6) is -1.64. The Morgan fingerprint density at radius 1 is 1.03 bits per heavy atom. The molecule has 200 valence electrons. The Morgan fingerprint density at radius 2 is 1.69 bits per heavy atom. The van der Waals surface area contributed by atoms with Crippen LogP contribution < -0.4 is 0 Å².